The third-order valence-corrected chi connectivity index (χ3v) is 6.65. The third kappa shape index (κ3) is 5.50. The monoisotopic (exact) mass is 608 g/mol. The molecule has 0 atom stereocenters. The van der Waals surface area contributed by atoms with E-state index in [9.17, 15) is 10.1 Å². The van der Waals surface area contributed by atoms with E-state index in [-0.39, 0.29) is 12.2 Å². The molecule has 9 heteroatoms. The normalized spacial score (nSPS) is 11.1. The molecule has 0 radical (unpaired) electrons. The highest BCUT2D eigenvalue weighted by Gasteiger charge is 2.13. The first-order valence-electron chi connectivity index (χ1n) is 11.2. The molecule has 0 spiro atoms. The number of nitriles is 1. The summed E-state index contributed by atoms with van der Waals surface area (Å²) in [7, 11) is 1.55. The number of ether oxygens (including phenoxy) is 2. The molecule has 0 aliphatic carbocycles. The standard InChI is InChI=1S/C27H22Br2N4O3/c1-3-6-26-32-23-10-9-20(28)12-21(23)27(34)33(26)31-15-19-11-24(35-2)25(13-22(19)29)36-16-18-8-5-4-7-17(18)14-30/h4-5,7-13,15H,3,6,16H2,1-2H3. The Balaban J connectivity index is 1.68. The van der Waals surface area contributed by atoms with Crippen molar-refractivity contribution in [2.75, 3.05) is 7.11 Å². The van der Waals surface area contributed by atoms with Gasteiger partial charge in [0.25, 0.3) is 5.56 Å². The molecule has 1 heterocycles. The molecular formula is C27H22Br2N4O3. The average molecular weight is 610 g/mol. The van der Waals surface area contributed by atoms with Gasteiger partial charge in [-0.3, -0.25) is 4.79 Å². The lowest BCUT2D eigenvalue weighted by Gasteiger charge is -2.13. The molecule has 4 rings (SSSR count). The zero-order valence-corrected chi connectivity index (χ0v) is 22.8. The van der Waals surface area contributed by atoms with Gasteiger partial charge in [-0.15, -0.1) is 0 Å². The lowest BCUT2D eigenvalue weighted by molar-refractivity contribution is 0.284. The highest BCUT2D eigenvalue weighted by molar-refractivity contribution is 9.10. The van der Waals surface area contributed by atoms with Crippen molar-refractivity contribution in [3.05, 3.63) is 96.4 Å². The van der Waals surface area contributed by atoms with Gasteiger partial charge >= 0.3 is 0 Å². The Bertz CT molecular complexity index is 1560. The van der Waals surface area contributed by atoms with Crippen molar-refractivity contribution in [2.24, 2.45) is 5.10 Å². The predicted molar refractivity (Wildman–Crippen MR) is 147 cm³/mol. The smallest absolute Gasteiger partial charge is 0.282 e. The summed E-state index contributed by atoms with van der Waals surface area (Å²) in [6.45, 7) is 2.25. The van der Waals surface area contributed by atoms with Crippen LogP contribution in [0.25, 0.3) is 10.9 Å². The largest absolute Gasteiger partial charge is 0.493 e. The maximum Gasteiger partial charge on any atom is 0.282 e. The number of nitrogens with zero attached hydrogens (tertiary/aromatic N) is 4. The molecule has 0 amide bonds. The second-order valence-corrected chi connectivity index (χ2v) is 9.65. The maximum atomic E-state index is 13.2. The highest BCUT2D eigenvalue weighted by Crippen LogP contribution is 2.33. The minimum atomic E-state index is -0.236. The van der Waals surface area contributed by atoms with E-state index in [1.54, 1.807) is 37.6 Å². The SMILES string of the molecule is CCCc1nc2ccc(Br)cc2c(=O)n1N=Cc1cc(OC)c(OCc2ccccc2C#N)cc1Br. The van der Waals surface area contributed by atoms with Crippen molar-refractivity contribution in [1.82, 2.24) is 9.66 Å². The molecule has 7 nitrogen and oxygen atoms in total. The Morgan fingerprint density at radius 2 is 1.94 bits per heavy atom. The van der Waals surface area contributed by atoms with Crippen LogP contribution in [0.3, 0.4) is 0 Å². The van der Waals surface area contributed by atoms with E-state index in [0.29, 0.717) is 50.2 Å². The molecule has 0 N–H and O–H groups in total. The molecule has 0 aliphatic rings. The summed E-state index contributed by atoms with van der Waals surface area (Å²) in [6.07, 6.45) is 3.02. The number of hydrogen-bond acceptors (Lipinski definition) is 6. The van der Waals surface area contributed by atoms with Crippen LogP contribution in [0.1, 0.15) is 35.9 Å². The summed E-state index contributed by atoms with van der Waals surface area (Å²) in [6, 6.07) is 18.4. The molecule has 1 aromatic heterocycles. The fourth-order valence-electron chi connectivity index (χ4n) is 3.65. The van der Waals surface area contributed by atoms with E-state index < -0.39 is 0 Å². The van der Waals surface area contributed by atoms with Crippen molar-refractivity contribution >= 4 is 49.0 Å². The van der Waals surface area contributed by atoms with Gasteiger partial charge in [0, 0.05) is 26.5 Å². The van der Waals surface area contributed by atoms with E-state index >= 15 is 0 Å². The first-order valence-corrected chi connectivity index (χ1v) is 12.8. The molecule has 0 aliphatic heterocycles. The minimum Gasteiger partial charge on any atom is -0.493 e. The van der Waals surface area contributed by atoms with Crippen molar-refractivity contribution in [1.29, 1.82) is 5.26 Å². The van der Waals surface area contributed by atoms with Gasteiger partial charge in [0.2, 0.25) is 0 Å². The van der Waals surface area contributed by atoms with E-state index in [2.05, 4.69) is 48.0 Å². The van der Waals surface area contributed by atoms with Crippen LogP contribution < -0.4 is 15.0 Å². The van der Waals surface area contributed by atoms with Crippen molar-refractivity contribution in [3.8, 4) is 17.6 Å². The number of rotatable bonds is 8. The third-order valence-electron chi connectivity index (χ3n) is 5.47. The second kappa shape index (κ2) is 11.5. The van der Waals surface area contributed by atoms with Crippen LogP contribution in [0.5, 0.6) is 11.5 Å². The first-order chi connectivity index (χ1) is 17.4. The van der Waals surface area contributed by atoms with Crippen molar-refractivity contribution in [3.63, 3.8) is 0 Å². The average Bonchev–Trinajstić information content (AvgIpc) is 2.88. The Labute approximate surface area is 225 Å². The molecule has 0 fully saturated rings. The number of fused-ring (bicyclic) bond motifs is 1. The zero-order valence-electron chi connectivity index (χ0n) is 19.7. The predicted octanol–water partition coefficient (Wildman–Crippen LogP) is 6.22. The second-order valence-electron chi connectivity index (χ2n) is 7.88. The summed E-state index contributed by atoms with van der Waals surface area (Å²) in [5.41, 5.74) is 2.44. The Hall–Kier alpha value is -3.48. The van der Waals surface area contributed by atoms with Crippen LogP contribution in [0.4, 0.5) is 0 Å². The summed E-state index contributed by atoms with van der Waals surface area (Å²) in [5, 5.41) is 14.3. The van der Waals surface area contributed by atoms with Gasteiger partial charge in [0.15, 0.2) is 11.5 Å². The van der Waals surface area contributed by atoms with Gasteiger partial charge in [-0.2, -0.15) is 15.0 Å². The quantitative estimate of drug-likeness (QED) is 0.221. The van der Waals surface area contributed by atoms with Gasteiger partial charge < -0.3 is 9.47 Å². The van der Waals surface area contributed by atoms with Gasteiger partial charge in [0.05, 0.1) is 35.9 Å². The molecule has 36 heavy (non-hydrogen) atoms. The van der Waals surface area contributed by atoms with Crippen LogP contribution in [0.2, 0.25) is 0 Å². The molecule has 182 valence electrons. The number of benzene rings is 3. The number of aromatic nitrogens is 2. The summed E-state index contributed by atoms with van der Waals surface area (Å²) >= 11 is 6.99. The van der Waals surface area contributed by atoms with Crippen LogP contribution in [0.15, 0.2) is 73.4 Å². The molecule has 0 unspecified atom stereocenters. The van der Waals surface area contributed by atoms with E-state index in [1.165, 1.54) is 4.68 Å². The fraction of sp³-hybridized carbons (Fsp3) is 0.185. The van der Waals surface area contributed by atoms with E-state index in [4.69, 9.17) is 9.47 Å². The highest BCUT2D eigenvalue weighted by atomic mass is 79.9. The van der Waals surface area contributed by atoms with E-state index in [0.717, 1.165) is 16.5 Å². The van der Waals surface area contributed by atoms with Crippen molar-refractivity contribution < 1.29 is 9.47 Å². The first kappa shape index (κ1) is 25.6. The Morgan fingerprint density at radius 3 is 2.69 bits per heavy atom. The van der Waals surface area contributed by atoms with Crippen molar-refractivity contribution in [2.45, 2.75) is 26.4 Å². The molecule has 3 aromatic carbocycles. The van der Waals surface area contributed by atoms with E-state index in [1.807, 2.05) is 37.3 Å². The van der Waals surface area contributed by atoms with Crippen LogP contribution in [-0.4, -0.2) is 23.0 Å². The molecule has 0 saturated carbocycles. The minimum absolute atomic E-state index is 0.216. The van der Waals surface area contributed by atoms with Crippen LogP contribution >= 0.6 is 31.9 Å². The maximum absolute atomic E-state index is 13.2. The van der Waals surface area contributed by atoms with Gasteiger partial charge in [-0.25, -0.2) is 4.98 Å². The van der Waals surface area contributed by atoms with Crippen LogP contribution in [0, 0.1) is 11.3 Å². The van der Waals surface area contributed by atoms with Crippen LogP contribution in [-0.2, 0) is 13.0 Å². The lowest BCUT2D eigenvalue weighted by Crippen LogP contribution is -2.22. The summed E-state index contributed by atoms with van der Waals surface area (Å²) in [5.74, 6) is 1.60. The molecule has 0 bridgehead atoms. The number of aryl methyl sites for hydroxylation is 1. The molecular weight excluding hydrogens is 588 g/mol. The molecule has 0 saturated heterocycles. The van der Waals surface area contributed by atoms with Gasteiger partial charge in [-0.1, -0.05) is 41.1 Å². The Kier molecular flexibility index (Phi) is 8.18. The fourth-order valence-corrected chi connectivity index (χ4v) is 4.44. The topological polar surface area (TPSA) is 89.5 Å². The zero-order chi connectivity index (χ0) is 25.7. The van der Waals surface area contributed by atoms with Gasteiger partial charge in [0.1, 0.15) is 12.4 Å². The Morgan fingerprint density at radius 1 is 1.14 bits per heavy atom. The number of halogens is 2. The summed E-state index contributed by atoms with van der Waals surface area (Å²) in [4.78, 5) is 17.9. The molecule has 4 aromatic rings. The van der Waals surface area contributed by atoms with Gasteiger partial charge in [-0.05, 0) is 58.7 Å². The summed E-state index contributed by atoms with van der Waals surface area (Å²) < 4.78 is 14.4. The lowest BCUT2D eigenvalue weighted by atomic mass is 10.1. The number of hydrogen-bond donors (Lipinski definition) is 0. The number of methoxy groups -OCH3 is 1.